The summed E-state index contributed by atoms with van der Waals surface area (Å²) in [6, 6.07) is 0. The minimum atomic E-state index is 0. The van der Waals surface area contributed by atoms with Gasteiger partial charge in [-0.05, 0) is 13.8 Å². The summed E-state index contributed by atoms with van der Waals surface area (Å²) >= 11 is 0. The minimum absolute atomic E-state index is 0. The van der Waals surface area contributed by atoms with Gasteiger partial charge in [0.1, 0.15) is 0 Å². The van der Waals surface area contributed by atoms with Crippen LogP contribution in [0.15, 0.2) is 0 Å². The molecule has 0 heterocycles. The Morgan fingerprint density at radius 2 is 1.25 bits per heavy atom. The van der Waals surface area contributed by atoms with Crippen molar-refractivity contribution in [1.29, 1.82) is 0 Å². The summed E-state index contributed by atoms with van der Waals surface area (Å²) in [5.74, 6) is 0. The van der Waals surface area contributed by atoms with Crippen molar-refractivity contribution in [3.8, 4) is 0 Å². The van der Waals surface area contributed by atoms with Gasteiger partial charge in [-0.15, -0.1) is 0 Å². The van der Waals surface area contributed by atoms with E-state index in [2.05, 4.69) is 27.9 Å². The molecule has 0 radical (unpaired) electrons. The fourth-order valence-electron chi connectivity index (χ4n) is 0.224. The third-order valence-corrected chi connectivity index (χ3v) is 1.71. The molecule has 0 N–H and O–H groups in total. The molecular formula is C6H19BN+. The first kappa shape index (κ1) is 10.9. The van der Waals surface area contributed by atoms with Crippen LogP contribution in [0.3, 0.4) is 0 Å². The van der Waals surface area contributed by atoms with Gasteiger partial charge in [0, 0.05) is 0 Å². The predicted octanol–water partition coefficient (Wildman–Crippen LogP) is -0.0813. The molecule has 0 atom stereocenters. The molecule has 0 bridgehead atoms. The smallest absolute Gasteiger partial charge is 0.0814 e. The van der Waals surface area contributed by atoms with Crippen LogP contribution in [-0.4, -0.2) is 40.1 Å². The van der Waals surface area contributed by atoms with Crippen molar-refractivity contribution in [1.82, 2.24) is 0 Å². The van der Waals surface area contributed by atoms with E-state index in [1.165, 1.54) is 13.1 Å². The standard InChI is InChI=1S/C6H16N.BH3/c1-5-7(3,4)6-2;/h5-6H2,1-4H3;1H3/q+1;. The third-order valence-electron chi connectivity index (χ3n) is 1.71. The second-order valence-corrected chi connectivity index (χ2v) is 2.57. The molecule has 0 aromatic heterocycles. The van der Waals surface area contributed by atoms with E-state index in [0.717, 1.165) is 4.48 Å². The average molecular weight is 116 g/mol. The van der Waals surface area contributed by atoms with Crippen molar-refractivity contribution in [2.24, 2.45) is 0 Å². The molecule has 0 saturated heterocycles. The largest absolute Gasteiger partial charge is 0.329 e. The van der Waals surface area contributed by atoms with Crippen LogP contribution in [0.1, 0.15) is 13.8 Å². The summed E-state index contributed by atoms with van der Waals surface area (Å²) in [4.78, 5) is 0. The van der Waals surface area contributed by atoms with E-state index in [-0.39, 0.29) is 8.41 Å². The molecule has 2 heteroatoms. The van der Waals surface area contributed by atoms with Crippen molar-refractivity contribution < 1.29 is 4.48 Å². The van der Waals surface area contributed by atoms with Crippen LogP contribution in [0.2, 0.25) is 0 Å². The van der Waals surface area contributed by atoms with Crippen molar-refractivity contribution >= 4 is 8.41 Å². The Kier molecular flexibility index (Phi) is 5.40. The van der Waals surface area contributed by atoms with Gasteiger partial charge in [0.2, 0.25) is 0 Å². The monoisotopic (exact) mass is 116 g/mol. The average Bonchev–Trinajstić information content (AvgIpc) is 1.68. The van der Waals surface area contributed by atoms with Crippen LogP contribution < -0.4 is 0 Å². The Bertz CT molecular complexity index is 46.5. The zero-order chi connectivity index (χ0) is 5.91. The van der Waals surface area contributed by atoms with Gasteiger partial charge in [0.05, 0.1) is 35.6 Å². The Balaban J connectivity index is 0. The van der Waals surface area contributed by atoms with E-state index >= 15 is 0 Å². The molecule has 0 fully saturated rings. The molecule has 50 valence electrons. The molecule has 0 aliphatic heterocycles. The summed E-state index contributed by atoms with van der Waals surface area (Å²) in [6.07, 6.45) is 0. The third kappa shape index (κ3) is 4.19. The summed E-state index contributed by atoms with van der Waals surface area (Å²) in [5.41, 5.74) is 0. The van der Waals surface area contributed by atoms with Gasteiger partial charge < -0.3 is 4.48 Å². The predicted molar refractivity (Wildman–Crippen MR) is 43.1 cm³/mol. The van der Waals surface area contributed by atoms with Crippen LogP contribution in [-0.2, 0) is 0 Å². The highest BCUT2D eigenvalue weighted by molar-refractivity contribution is 5.75. The van der Waals surface area contributed by atoms with E-state index in [9.17, 15) is 0 Å². The Morgan fingerprint density at radius 3 is 1.25 bits per heavy atom. The lowest BCUT2D eigenvalue weighted by atomic mass is 10.5. The van der Waals surface area contributed by atoms with Crippen LogP contribution in [0, 0.1) is 0 Å². The number of quaternary nitrogens is 1. The summed E-state index contributed by atoms with van der Waals surface area (Å²) in [7, 11) is 4.47. The van der Waals surface area contributed by atoms with Gasteiger partial charge in [-0.3, -0.25) is 0 Å². The second-order valence-electron chi connectivity index (χ2n) is 2.57. The topological polar surface area (TPSA) is 0 Å². The van der Waals surface area contributed by atoms with E-state index in [0.29, 0.717) is 0 Å². The van der Waals surface area contributed by atoms with Crippen LogP contribution in [0.5, 0.6) is 0 Å². The molecule has 1 nitrogen and oxygen atoms in total. The van der Waals surface area contributed by atoms with Gasteiger partial charge >= 0.3 is 0 Å². The minimum Gasteiger partial charge on any atom is -0.329 e. The van der Waals surface area contributed by atoms with E-state index in [1.807, 2.05) is 0 Å². The quantitative estimate of drug-likeness (QED) is 0.349. The molecule has 0 aromatic carbocycles. The SMILES string of the molecule is B.CC[N+](C)(C)CC. The van der Waals surface area contributed by atoms with E-state index < -0.39 is 0 Å². The van der Waals surface area contributed by atoms with Crippen LogP contribution in [0.25, 0.3) is 0 Å². The Morgan fingerprint density at radius 1 is 1.00 bits per heavy atom. The van der Waals surface area contributed by atoms with Gasteiger partial charge in [-0.1, -0.05) is 0 Å². The number of nitrogens with zero attached hydrogens (tertiary/aromatic N) is 1. The van der Waals surface area contributed by atoms with Gasteiger partial charge in [-0.2, -0.15) is 0 Å². The number of rotatable bonds is 2. The Labute approximate surface area is 54.9 Å². The Hall–Kier alpha value is 0.0249. The summed E-state index contributed by atoms with van der Waals surface area (Å²) in [6.45, 7) is 6.89. The van der Waals surface area contributed by atoms with Gasteiger partial charge in [-0.25, -0.2) is 0 Å². The van der Waals surface area contributed by atoms with E-state index in [1.54, 1.807) is 0 Å². The highest BCUT2D eigenvalue weighted by Gasteiger charge is 2.04. The zero-order valence-corrected chi connectivity index (χ0v) is 5.86. The molecule has 0 unspecified atom stereocenters. The lowest BCUT2D eigenvalue weighted by Crippen LogP contribution is -2.38. The van der Waals surface area contributed by atoms with Crippen LogP contribution in [0.4, 0.5) is 0 Å². The normalized spacial score (nSPS) is 10.5. The van der Waals surface area contributed by atoms with Gasteiger partial charge in [0.15, 0.2) is 0 Å². The molecular weight excluding hydrogens is 96.9 g/mol. The van der Waals surface area contributed by atoms with E-state index in [4.69, 9.17) is 0 Å². The second kappa shape index (κ2) is 3.96. The highest BCUT2D eigenvalue weighted by atomic mass is 15.3. The maximum Gasteiger partial charge on any atom is 0.0814 e. The molecule has 0 aliphatic rings. The van der Waals surface area contributed by atoms with Crippen molar-refractivity contribution in [3.05, 3.63) is 0 Å². The number of hydrogen-bond donors (Lipinski definition) is 0. The van der Waals surface area contributed by atoms with Crippen molar-refractivity contribution in [3.63, 3.8) is 0 Å². The van der Waals surface area contributed by atoms with Crippen molar-refractivity contribution in [2.75, 3.05) is 27.2 Å². The molecule has 0 amide bonds. The first-order valence-corrected chi connectivity index (χ1v) is 2.94. The molecule has 0 aliphatic carbocycles. The van der Waals surface area contributed by atoms with Crippen LogP contribution >= 0.6 is 0 Å². The summed E-state index contributed by atoms with van der Waals surface area (Å²) in [5, 5.41) is 0. The maximum atomic E-state index is 2.24. The van der Waals surface area contributed by atoms with Gasteiger partial charge in [0.25, 0.3) is 0 Å². The first-order valence-electron chi connectivity index (χ1n) is 2.94. The zero-order valence-electron chi connectivity index (χ0n) is 5.86. The lowest BCUT2D eigenvalue weighted by molar-refractivity contribution is -0.886. The van der Waals surface area contributed by atoms with Crippen molar-refractivity contribution in [2.45, 2.75) is 13.8 Å². The summed E-state index contributed by atoms with van der Waals surface area (Å²) < 4.78 is 1.14. The molecule has 0 rings (SSSR count). The molecule has 0 spiro atoms. The number of hydrogen-bond acceptors (Lipinski definition) is 0. The highest BCUT2D eigenvalue weighted by Crippen LogP contribution is 1.91. The maximum absolute atomic E-state index is 2.24. The lowest BCUT2D eigenvalue weighted by Gasteiger charge is -2.25. The first-order chi connectivity index (χ1) is 3.12. The molecule has 0 saturated carbocycles. The molecule has 0 aromatic rings. The fraction of sp³-hybridized carbons (Fsp3) is 1.00. The molecule has 8 heavy (non-hydrogen) atoms. The fourth-order valence-corrected chi connectivity index (χ4v) is 0.224.